The Hall–Kier alpha value is -3.56. The van der Waals surface area contributed by atoms with Gasteiger partial charge in [0.1, 0.15) is 11.7 Å². The Balaban J connectivity index is 1.57. The van der Waals surface area contributed by atoms with E-state index in [9.17, 15) is 14.7 Å². The highest BCUT2D eigenvalue weighted by atomic mass is 79.9. The highest BCUT2D eigenvalue weighted by Gasteiger charge is 2.60. The molecule has 2 aliphatic heterocycles. The second-order valence-electron chi connectivity index (χ2n) is 8.38. The average molecular weight is 553 g/mol. The Morgan fingerprint density at radius 1 is 0.917 bits per heavy atom. The molecule has 1 N–H and O–H groups in total. The van der Waals surface area contributed by atoms with Crippen LogP contribution in [-0.2, 0) is 14.4 Å². The zero-order chi connectivity index (χ0) is 25.4. The van der Waals surface area contributed by atoms with E-state index in [1.165, 1.54) is 4.90 Å². The van der Waals surface area contributed by atoms with Crippen molar-refractivity contribution in [1.29, 1.82) is 0 Å². The van der Waals surface area contributed by atoms with Crippen LogP contribution in [0.5, 0.6) is 17.2 Å². The molecule has 0 aromatic heterocycles. The molecule has 0 aliphatic carbocycles. The maximum Gasteiger partial charge on any atom is 0.266 e. The van der Waals surface area contributed by atoms with Crippen molar-refractivity contribution in [2.75, 3.05) is 23.2 Å². The quantitative estimate of drug-likeness (QED) is 0.412. The van der Waals surface area contributed by atoms with E-state index in [0.717, 1.165) is 0 Å². The second kappa shape index (κ2) is 9.83. The molecule has 2 heterocycles. The van der Waals surface area contributed by atoms with Crippen LogP contribution >= 0.6 is 15.9 Å². The second-order valence-corrected chi connectivity index (χ2v) is 9.23. The molecule has 2 fully saturated rings. The summed E-state index contributed by atoms with van der Waals surface area (Å²) in [6, 6.07) is 18.9. The van der Waals surface area contributed by atoms with Gasteiger partial charge >= 0.3 is 0 Å². The van der Waals surface area contributed by atoms with Crippen LogP contribution in [0.3, 0.4) is 0 Å². The van der Waals surface area contributed by atoms with Gasteiger partial charge in [0.2, 0.25) is 5.91 Å². The van der Waals surface area contributed by atoms with Crippen molar-refractivity contribution in [3.8, 4) is 17.2 Å². The van der Waals surface area contributed by atoms with Gasteiger partial charge in [0.05, 0.1) is 35.1 Å². The van der Waals surface area contributed by atoms with Crippen molar-refractivity contribution in [1.82, 2.24) is 0 Å². The number of hydrogen-bond donors (Lipinski definition) is 1. The third-order valence-electron chi connectivity index (χ3n) is 6.22. The predicted molar refractivity (Wildman–Crippen MR) is 137 cm³/mol. The number of halogens is 1. The molecule has 0 spiro atoms. The smallest absolute Gasteiger partial charge is 0.266 e. The van der Waals surface area contributed by atoms with E-state index in [0.29, 0.717) is 40.4 Å². The topological polar surface area (TPSA) is 88.5 Å². The van der Waals surface area contributed by atoms with Gasteiger partial charge in [0, 0.05) is 0 Å². The summed E-state index contributed by atoms with van der Waals surface area (Å²) in [5.41, 5.74) is 1.82. The molecule has 3 aromatic rings. The van der Waals surface area contributed by atoms with Crippen LogP contribution in [-0.4, -0.2) is 36.2 Å². The number of benzene rings is 3. The first kappa shape index (κ1) is 24.1. The molecule has 2 amide bonds. The van der Waals surface area contributed by atoms with Gasteiger partial charge in [-0.25, -0.2) is 9.96 Å². The highest BCUT2D eigenvalue weighted by molar-refractivity contribution is 9.10. The fraction of sp³-hybridized carbons (Fsp3) is 0.259. The maximum absolute atomic E-state index is 13.8. The van der Waals surface area contributed by atoms with E-state index >= 15 is 0 Å². The van der Waals surface area contributed by atoms with Crippen molar-refractivity contribution in [2.24, 2.45) is 5.92 Å². The van der Waals surface area contributed by atoms with Crippen molar-refractivity contribution in [3.05, 3.63) is 76.8 Å². The number of phenols is 1. The number of nitrogens with zero attached hydrogens (tertiary/aromatic N) is 2. The summed E-state index contributed by atoms with van der Waals surface area (Å²) in [5, 5.41) is 12.1. The largest absolute Gasteiger partial charge is 0.503 e. The lowest BCUT2D eigenvalue weighted by Gasteiger charge is -2.29. The molecule has 36 heavy (non-hydrogen) atoms. The highest BCUT2D eigenvalue weighted by Crippen LogP contribution is 2.49. The molecule has 5 rings (SSSR count). The third kappa shape index (κ3) is 4.08. The van der Waals surface area contributed by atoms with Crippen LogP contribution in [0.2, 0.25) is 0 Å². The number of phenolic OH excluding ortho intramolecular Hbond substituents is 1. The molecule has 3 atom stereocenters. The maximum atomic E-state index is 13.8. The Labute approximate surface area is 217 Å². The zero-order valence-corrected chi connectivity index (χ0v) is 21.3. The molecule has 0 unspecified atom stereocenters. The SMILES string of the molecule is CCOc1ccc(N2C(=O)[C@@H]3[C@H](ON(c4ccccc4)[C@@H]3c3cc(Br)c(O)c(OCC)c3)C2=O)cc1. The molecule has 2 saturated heterocycles. The van der Waals surface area contributed by atoms with Crippen molar-refractivity contribution in [2.45, 2.75) is 26.0 Å². The molecule has 0 radical (unpaired) electrons. The van der Waals surface area contributed by atoms with E-state index in [-0.39, 0.29) is 17.4 Å². The number of imide groups is 1. The predicted octanol–water partition coefficient (Wildman–Crippen LogP) is 5.00. The molecule has 186 valence electrons. The van der Waals surface area contributed by atoms with Crippen molar-refractivity contribution >= 4 is 39.1 Å². The van der Waals surface area contributed by atoms with E-state index in [2.05, 4.69) is 15.9 Å². The number of rotatable bonds is 7. The minimum Gasteiger partial charge on any atom is -0.503 e. The van der Waals surface area contributed by atoms with Gasteiger partial charge in [-0.1, -0.05) is 18.2 Å². The molecular formula is C27H25BrN2O6. The van der Waals surface area contributed by atoms with Crippen LogP contribution < -0.4 is 19.4 Å². The minimum absolute atomic E-state index is 0.0350. The number of amides is 2. The van der Waals surface area contributed by atoms with Gasteiger partial charge in [0.15, 0.2) is 17.6 Å². The van der Waals surface area contributed by atoms with Gasteiger partial charge in [-0.05, 0) is 83.9 Å². The van der Waals surface area contributed by atoms with E-state index in [1.54, 1.807) is 41.5 Å². The van der Waals surface area contributed by atoms with E-state index < -0.39 is 24.0 Å². The molecule has 8 nitrogen and oxygen atoms in total. The average Bonchev–Trinajstić information content (AvgIpc) is 3.39. The van der Waals surface area contributed by atoms with Gasteiger partial charge < -0.3 is 14.6 Å². The molecular weight excluding hydrogens is 528 g/mol. The normalized spacial score (nSPS) is 21.1. The number of hydroxylamine groups is 1. The monoisotopic (exact) mass is 552 g/mol. The van der Waals surface area contributed by atoms with E-state index in [1.807, 2.05) is 44.2 Å². The summed E-state index contributed by atoms with van der Waals surface area (Å²) in [6.45, 7) is 4.57. The van der Waals surface area contributed by atoms with E-state index in [4.69, 9.17) is 14.3 Å². The number of para-hydroxylation sites is 1. The standard InChI is InChI=1S/C27H25BrN2O6/c1-3-34-19-12-10-17(11-13-19)29-26(32)22-23(16-14-20(28)24(31)21(15-16)35-4-2)30(36-25(22)27(29)33)18-8-6-5-7-9-18/h5-15,22-23,25,31H,3-4H2,1-2H3/t22-,23+,25-/m0/s1. The van der Waals surface area contributed by atoms with Crippen LogP contribution in [0, 0.1) is 5.92 Å². The molecule has 9 heteroatoms. The summed E-state index contributed by atoms with van der Waals surface area (Å²) in [6.07, 6.45) is -1.00. The molecule has 0 saturated carbocycles. The first-order chi connectivity index (χ1) is 17.4. The number of anilines is 2. The van der Waals surface area contributed by atoms with Crippen LogP contribution in [0.4, 0.5) is 11.4 Å². The Morgan fingerprint density at radius 3 is 2.28 bits per heavy atom. The first-order valence-electron chi connectivity index (χ1n) is 11.7. The Kier molecular flexibility index (Phi) is 6.59. The lowest BCUT2D eigenvalue weighted by molar-refractivity contribution is -0.126. The summed E-state index contributed by atoms with van der Waals surface area (Å²) < 4.78 is 11.5. The molecule has 2 aliphatic rings. The number of carbonyl (C=O) groups excluding carboxylic acids is 2. The Bertz CT molecular complexity index is 1280. The van der Waals surface area contributed by atoms with Crippen molar-refractivity contribution < 1.29 is 29.0 Å². The number of carbonyl (C=O) groups is 2. The lowest BCUT2D eigenvalue weighted by atomic mass is 9.90. The van der Waals surface area contributed by atoms with Gasteiger partial charge in [-0.15, -0.1) is 0 Å². The number of fused-ring (bicyclic) bond motifs is 1. The summed E-state index contributed by atoms with van der Waals surface area (Å²) >= 11 is 3.39. The number of ether oxygens (including phenoxy) is 2. The van der Waals surface area contributed by atoms with Gasteiger partial charge in [-0.2, -0.15) is 0 Å². The van der Waals surface area contributed by atoms with Crippen LogP contribution in [0.1, 0.15) is 25.5 Å². The lowest BCUT2D eigenvalue weighted by Crippen LogP contribution is -2.37. The zero-order valence-electron chi connectivity index (χ0n) is 19.8. The van der Waals surface area contributed by atoms with Crippen molar-refractivity contribution in [3.63, 3.8) is 0 Å². The summed E-state index contributed by atoms with van der Waals surface area (Å²) in [5.74, 6) is -0.705. The number of hydrogen-bond acceptors (Lipinski definition) is 7. The summed E-state index contributed by atoms with van der Waals surface area (Å²) in [7, 11) is 0. The fourth-order valence-corrected chi connectivity index (χ4v) is 5.15. The van der Waals surface area contributed by atoms with Crippen LogP contribution in [0.15, 0.2) is 71.2 Å². The van der Waals surface area contributed by atoms with Gasteiger partial charge in [0.25, 0.3) is 5.91 Å². The third-order valence-corrected chi connectivity index (χ3v) is 6.83. The van der Waals surface area contributed by atoms with Gasteiger partial charge in [-0.3, -0.25) is 14.4 Å². The molecule has 0 bridgehead atoms. The fourth-order valence-electron chi connectivity index (χ4n) is 4.69. The number of aromatic hydroxyl groups is 1. The summed E-state index contributed by atoms with van der Waals surface area (Å²) in [4.78, 5) is 34.7. The minimum atomic E-state index is -1.00. The molecule has 3 aromatic carbocycles. The Morgan fingerprint density at radius 2 is 1.61 bits per heavy atom. The van der Waals surface area contributed by atoms with Crippen LogP contribution in [0.25, 0.3) is 0 Å². The first-order valence-corrected chi connectivity index (χ1v) is 12.5.